The van der Waals surface area contributed by atoms with Crippen LogP contribution in [0.1, 0.15) is 21.6 Å². The van der Waals surface area contributed by atoms with Crippen LogP contribution in [0.5, 0.6) is 0 Å². The number of piperazine rings is 1. The van der Waals surface area contributed by atoms with E-state index in [-0.39, 0.29) is 5.91 Å². The van der Waals surface area contributed by atoms with Crippen LogP contribution in [0.4, 0.5) is 0 Å². The summed E-state index contributed by atoms with van der Waals surface area (Å²) >= 11 is 7.92. The summed E-state index contributed by atoms with van der Waals surface area (Å²) in [6, 6.07) is 17.9. The Kier molecular flexibility index (Phi) is 6.53. The first-order valence-electron chi connectivity index (χ1n) is 10.9. The summed E-state index contributed by atoms with van der Waals surface area (Å²) in [5, 5.41) is 8.24. The second kappa shape index (κ2) is 9.87. The molecular formula is C25H24ClN5OS. The Morgan fingerprint density at radius 3 is 2.52 bits per heavy atom. The zero-order valence-electron chi connectivity index (χ0n) is 18.1. The van der Waals surface area contributed by atoms with Gasteiger partial charge in [0.15, 0.2) is 0 Å². The molecule has 3 heterocycles. The zero-order chi connectivity index (χ0) is 22.6. The molecule has 168 valence electrons. The second-order valence-electron chi connectivity index (χ2n) is 8.10. The molecule has 2 aromatic heterocycles. The van der Waals surface area contributed by atoms with Crippen molar-refractivity contribution in [1.29, 1.82) is 0 Å². The molecule has 0 atom stereocenters. The summed E-state index contributed by atoms with van der Waals surface area (Å²) in [6.07, 6.45) is 3.45. The third-order valence-electron chi connectivity index (χ3n) is 5.79. The molecule has 0 spiro atoms. The SMILES string of the molecule is O=C(c1cnn(Cc2ccccc2Cl)c1)N1CCN(Cc2csc(-c3ccccc3)n2)CC1. The largest absolute Gasteiger partial charge is 0.336 e. The monoisotopic (exact) mass is 477 g/mol. The van der Waals surface area contributed by atoms with Crippen molar-refractivity contribution in [3.8, 4) is 10.6 Å². The topological polar surface area (TPSA) is 54.3 Å². The fourth-order valence-corrected chi connectivity index (χ4v) is 4.99. The summed E-state index contributed by atoms with van der Waals surface area (Å²) in [7, 11) is 0. The first-order chi connectivity index (χ1) is 16.2. The van der Waals surface area contributed by atoms with Crippen LogP contribution in [0.3, 0.4) is 0 Å². The van der Waals surface area contributed by atoms with Crippen LogP contribution < -0.4 is 0 Å². The molecule has 8 heteroatoms. The average molecular weight is 478 g/mol. The predicted octanol–water partition coefficient (Wildman–Crippen LogP) is 4.67. The van der Waals surface area contributed by atoms with E-state index in [1.165, 1.54) is 0 Å². The Bertz CT molecular complexity index is 1230. The van der Waals surface area contributed by atoms with Crippen molar-refractivity contribution in [3.63, 3.8) is 0 Å². The average Bonchev–Trinajstić information content (AvgIpc) is 3.51. The third kappa shape index (κ3) is 5.16. The minimum absolute atomic E-state index is 0.0279. The van der Waals surface area contributed by atoms with Gasteiger partial charge in [-0.15, -0.1) is 11.3 Å². The number of carbonyl (C=O) groups excluding carboxylic acids is 1. The van der Waals surface area contributed by atoms with Gasteiger partial charge in [0.1, 0.15) is 5.01 Å². The lowest BCUT2D eigenvalue weighted by Crippen LogP contribution is -2.48. The van der Waals surface area contributed by atoms with Gasteiger partial charge in [0.25, 0.3) is 5.91 Å². The van der Waals surface area contributed by atoms with Gasteiger partial charge >= 0.3 is 0 Å². The van der Waals surface area contributed by atoms with Gasteiger partial charge in [0.05, 0.1) is 24.0 Å². The van der Waals surface area contributed by atoms with Gasteiger partial charge in [-0.25, -0.2) is 4.98 Å². The molecule has 1 aliphatic rings. The van der Waals surface area contributed by atoms with Crippen LogP contribution in [0.15, 0.2) is 72.4 Å². The first-order valence-corrected chi connectivity index (χ1v) is 12.2. The number of nitrogens with zero attached hydrogens (tertiary/aromatic N) is 5. The minimum Gasteiger partial charge on any atom is -0.336 e. The highest BCUT2D eigenvalue weighted by Gasteiger charge is 2.23. The van der Waals surface area contributed by atoms with E-state index in [4.69, 9.17) is 16.6 Å². The predicted molar refractivity (Wildman–Crippen MR) is 132 cm³/mol. The highest BCUT2D eigenvalue weighted by atomic mass is 35.5. The lowest BCUT2D eigenvalue weighted by Gasteiger charge is -2.34. The number of carbonyl (C=O) groups is 1. The lowest BCUT2D eigenvalue weighted by molar-refractivity contribution is 0.0627. The number of aromatic nitrogens is 3. The molecule has 6 nitrogen and oxygen atoms in total. The maximum absolute atomic E-state index is 13.0. The fraction of sp³-hybridized carbons (Fsp3) is 0.240. The van der Waals surface area contributed by atoms with E-state index in [0.717, 1.165) is 41.5 Å². The van der Waals surface area contributed by atoms with Crippen molar-refractivity contribution in [1.82, 2.24) is 24.6 Å². The maximum atomic E-state index is 13.0. The number of rotatable bonds is 6. The van der Waals surface area contributed by atoms with Crippen LogP contribution in [0.25, 0.3) is 10.6 Å². The molecule has 1 saturated heterocycles. The van der Waals surface area contributed by atoms with E-state index in [9.17, 15) is 4.79 Å². The third-order valence-corrected chi connectivity index (χ3v) is 7.10. The van der Waals surface area contributed by atoms with E-state index in [0.29, 0.717) is 30.2 Å². The highest BCUT2D eigenvalue weighted by Crippen LogP contribution is 2.24. The molecule has 1 amide bonds. The van der Waals surface area contributed by atoms with Crippen LogP contribution in [-0.4, -0.2) is 56.7 Å². The van der Waals surface area contributed by atoms with Crippen LogP contribution in [0.2, 0.25) is 5.02 Å². The second-order valence-corrected chi connectivity index (χ2v) is 9.36. The summed E-state index contributed by atoms with van der Waals surface area (Å²) < 4.78 is 1.76. The molecule has 0 bridgehead atoms. The van der Waals surface area contributed by atoms with E-state index in [1.54, 1.807) is 28.4 Å². The van der Waals surface area contributed by atoms with Gasteiger partial charge in [0.2, 0.25) is 0 Å². The van der Waals surface area contributed by atoms with Gasteiger partial charge < -0.3 is 4.90 Å². The molecule has 33 heavy (non-hydrogen) atoms. The zero-order valence-corrected chi connectivity index (χ0v) is 19.7. The molecular weight excluding hydrogens is 454 g/mol. The Morgan fingerprint density at radius 2 is 1.73 bits per heavy atom. The Balaban J connectivity index is 1.15. The van der Waals surface area contributed by atoms with E-state index < -0.39 is 0 Å². The molecule has 0 N–H and O–H groups in total. The summed E-state index contributed by atoms with van der Waals surface area (Å²) in [4.78, 5) is 22.0. The lowest BCUT2D eigenvalue weighted by atomic mass is 10.2. The Hall–Kier alpha value is -3.00. The molecule has 0 unspecified atom stereocenters. The standard InChI is InChI=1S/C25H24ClN5OS/c26-23-9-5-4-8-20(23)15-31-16-21(14-27-31)25(32)30-12-10-29(11-13-30)17-22-18-33-24(28-22)19-6-2-1-3-7-19/h1-9,14,16,18H,10-13,15,17H2. The number of benzene rings is 2. The van der Waals surface area contributed by atoms with Crippen LogP contribution in [0, 0.1) is 0 Å². The van der Waals surface area contributed by atoms with Gasteiger partial charge in [0, 0.05) is 54.9 Å². The first kappa shape index (κ1) is 21.8. The van der Waals surface area contributed by atoms with Gasteiger partial charge in [-0.3, -0.25) is 14.4 Å². The van der Waals surface area contributed by atoms with Crippen molar-refractivity contribution in [2.24, 2.45) is 0 Å². The molecule has 0 aliphatic carbocycles. The molecule has 5 rings (SSSR count). The van der Waals surface area contributed by atoms with Crippen LogP contribution in [-0.2, 0) is 13.1 Å². The quantitative estimate of drug-likeness (QED) is 0.405. The molecule has 1 aliphatic heterocycles. The minimum atomic E-state index is 0.0279. The van der Waals surface area contributed by atoms with E-state index >= 15 is 0 Å². The summed E-state index contributed by atoms with van der Waals surface area (Å²) in [5.41, 5.74) is 3.83. The summed E-state index contributed by atoms with van der Waals surface area (Å²) in [5.74, 6) is 0.0279. The number of thiazole rings is 1. The van der Waals surface area contributed by atoms with Crippen molar-refractivity contribution in [2.75, 3.05) is 26.2 Å². The molecule has 0 saturated carbocycles. The number of hydrogen-bond donors (Lipinski definition) is 0. The van der Waals surface area contributed by atoms with Crippen LogP contribution >= 0.6 is 22.9 Å². The van der Waals surface area contributed by atoms with Crippen molar-refractivity contribution >= 4 is 28.8 Å². The Labute approximate surface area is 202 Å². The number of halogens is 1. The van der Waals surface area contributed by atoms with Gasteiger partial charge in [-0.2, -0.15) is 5.10 Å². The smallest absolute Gasteiger partial charge is 0.257 e. The molecule has 0 radical (unpaired) electrons. The van der Waals surface area contributed by atoms with Gasteiger partial charge in [-0.05, 0) is 11.6 Å². The fourth-order valence-electron chi connectivity index (χ4n) is 3.98. The number of amides is 1. The molecule has 2 aromatic carbocycles. The van der Waals surface area contributed by atoms with E-state index in [1.807, 2.05) is 47.4 Å². The van der Waals surface area contributed by atoms with E-state index in [2.05, 4.69) is 27.5 Å². The Morgan fingerprint density at radius 1 is 0.970 bits per heavy atom. The maximum Gasteiger partial charge on any atom is 0.257 e. The number of hydrogen-bond acceptors (Lipinski definition) is 5. The van der Waals surface area contributed by atoms with Crippen molar-refractivity contribution in [2.45, 2.75) is 13.1 Å². The van der Waals surface area contributed by atoms with Crippen molar-refractivity contribution < 1.29 is 4.79 Å². The highest BCUT2D eigenvalue weighted by molar-refractivity contribution is 7.13. The summed E-state index contributed by atoms with van der Waals surface area (Å²) in [6.45, 7) is 4.41. The molecule has 4 aromatic rings. The normalized spacial score (nSPS) is 14.5. The van der Waals surface area contributed by atoms with Gasteiger partial charge in [-0.1, -0.05) is 60.1 Å². The molecule has 1 fully saturated rings. The van der Waals surface area contributed by atoms with Crippen molar-refractivity contribution in [3.05, 3.63) is 94.2 Å².